The minimum Gasteiger partial charge on any atom is -0.373 e. The molecule has 1 unspecified atom stereocenters. The average molecular weight is 266 g/mol. The van der Waals surface area contributed by atoms with Crippen LogP contribution in [0.1, 0.15) is 27.7 Å². The van der Waals surface area contributed by atoms with E-state index in [9.17, 15) is 4.79 Å². The Balaban J connectivity index is 2.74. The fourth-order valence-electron chi connectivity index (χ4n) is 1.43. The molecule has 0 saturated carbocycles. The molecule has 0 aromatic carbocycles. The van der Waals surface area contributed by atoms with Gasteiger partial charge < -0.3 is 21.7 Å². The number of nitrogens with zero attached hydrogens (tertiary/aromatic N) is 2. The maximum Gasteiger partial charge on any atom is 0.242 e. The Kier molecular flexibility index (Phi) is 4.52. The third-order valence-electron chi connectivity index (χ3n) is 2.26. The molecule has 1 rings (SSSR count). The van der Waals surface area contributed by atoms with E-state index in [-0.39, 0.29) is 17.4 Å². The van der Waals surface area contributed by atoms with Crippen molar-refractivity contribution in [2.24, 2.45) is 0 Å². The second kappa shape index (κ2) is 5.73. The Morgan fingerprint density at radius 1 is 1.32 bits per heavy atom. The molecule has 0 aliphatic rings. The molecule has 1 amide bonds. The van der Waals surface area contributed by atoms with Crippen LogP contribution in [0.4, 0.5) is 17.6 Å². The van der Waals surface area contributed by atoms with Crippen LogP contribution < -0.4 is 21.7 Å². The molecular weight excluding hydrogens is 244 g/mol. The molecule has 0 saturated heterocycles. The second-order valence-electron chi connectivity index (χ2n) is 5.35. The van der Waals surface area contributed by atoms with Gasteiger partial charge in [-0.05, 0) is 27.7 Å². The van der Waals surface area contributed by atoms with Gasteiger partial charge in [0.25, 0.3) is 0 Å². The monoisotopic (exact) mass is 266 g/mol. The third-order valence-corrected chi connectivity index (χ3v) is 2.26. The van der Waals surface area contributed by atoms with Crippen LogP contribution in [0.2, 0.25) is 0 Å². The first-order chi connectivity index (χ1) is 8.71. The fraction of sp³-hybridized carbons (Fsp3) is 0.583. The molecule has 0 radical (unpaired) electrons. The van der Waals surface area contributed by atoms with Gasteiger partial charge in [0.15, 0.2) is 0 Å². The van der Waals surface area contributed by atoms with Gasteiger partial charge in [-0.25, -0.2) is 0 Å². The summed E-state index contributed by atoms with van der Waals surface area (Å²) in [6.45, 7) is 7.55. The smallest absolute Gasteiger partial charge is 0.242 e. The Bertz CT molecular complexity index is 454. The van der Waals surface area contributed by atoms with E-state index >= 15 is 0 Å². The molecule has 1 aromatic heterocycles. The molecule has 7 nitrogen and oxygen atoms in total. The number of anilines is 3. The lowest BCUT2D eigenvalue weighted by Crippen LogP contribution is -2.47. The van der Waals surface area contributed by atoms with E-state index in [2.05, 4.69) is 25.9 Å². The lowest BCUT2D eigenvalue weighted by atomic mass is 10.1. The van der Waals surface area contributed by atoms with Gasteiger partial charge in [0.2, 0.25) is 11.9 Å². The second-order valence-corrected chi connectivity index (χ2v) is 5.35. The van der Waals surface area contributed by atoms with Gasteiger partial charge in [-0.3, -0.25) is 4.79 Å². The zero-order valence-corrected chi connectivity index (χ0v) is 12.0. The van der Waals surface area contributed by atoms with Crippen LogP contribution in [0.15, 0.2) is 6.07 Å². The molecule has 106 valence electrons. The van der Waals surface area contributed by atoms with Crippen molar-refractivity contribution < 1.29 is 4.79 Å². The van der Waals surface area contributed by atoms with Crippen LogP contribution in [0.3, 0.4) is 0 Å². The molecule has 19 heavy (non-hydrogen) atoms. The molecule has 7 heteroatoms. The summed E-state index contributed by atoms with van der Waals surface area (Å²) in [4.78, 5) is 20.0. The highest BCUT2D eigenvalue weighted by Crippen LogP contribution is 2.13. The summed E-state index contributed by atoms with van der Waals surface area (Å²) in [7, 11) is 1.74. The molecule has 0 fully saturated rings. The lowest BCUT2D eigenvalue weighted by molar-refractivity contribution is -0.122. The van der Waals surface area contributed by atoms with Crippen LogP contribution in [0.5, 0.6) is 0 Å². The van der Waals surface area contributed by atoms with Gasteiger partial charge in [0, 0.05) is 18.7 Å². The Labute approximate surface area is 113 Å². The van der Waals surface area contributed by atoms with Gasteiger partial charge in [0.1, 0.15) is 17.7 Å². The minimum atomic E-state index is -0.418. The summed E-state index contributed by atoms with van der Waals surface area (Å²) < 4.78 is 0. The number of nitrogens with two attached hydrogens (primary N) is 1. The average Bonchev–Trinajstić information content (AvgIpc) is 2.25. The number of hydrogen-bond donors (Lipinski definition) is 4. The van der Waals surface area contributed by atoms with Gasteiger partial charge >= 0.3 is 0 Å². The normalized spacial score (nSPS) is 12.7. The number of hydrogen-bond acceptors (Lipinski definition) is 6. The maximum atomic E-state index is 11.9. The van der Waals surface area contributed by atoms with Crippen LogP contribution in [-0.4, -0.2) is 34.5 Å². The Hall–Kier alpha value is -2.05. The standard InChI is InChI=1S/C12H22N6O/c1-7(10(19)18-12(2,3)4)15-9-6-8(14-5)16-11(13)17-9/h6-7H,1-5H3,(H,18,19)(H4,13,14,15,16,17). The SMILES string of the molecule is CNc1cc(NC(C)C(=O)NC(C)(C)C)nc(N)n1. The highest BCUT2D eigenvalue weighted by atomic mass is 16.2. The van der Waals surface area contributed by atoms with Crippen LogP contribution in [0.25, 0.3) is 0 Å². The number of carbonyl (C=O) groups is 1. The molecule has 0 bridgehead atoms. The molecule has 1 atom stereocenters. The van der Waals surface area contributed by atoms with Crippen molar-refractivity contribution in [2.45, 2.75) is 39.3 Å². The maximum absolute atomic E-state index is 11.9. The summed E-state index contributed by atoms with van der Waals surface area (Å²) in [5, 5.41) is 8.76. The zero-order valence-electron chi connectivity index (χ0n) is 12.0. The van der Waals surface area contributed by atoms with Crippen molar-refractivity contribution in [1.82, 2.24) is 15.3 Å². The summed E-state index contributed by atoms with van der Waals surface area (Å²) in [5.41, 5.74) is 5.32. The zero-order chi connectivity index (χ0) is 14.6. The summed E-state index contributed by atoms with van der Waals surface area (Å²) in [5.74, 6) is 1.15. The third kappa shape index (κ3) is 4.99. The molecule has 1 heterocycles. The molecule has 0 aliphatic carbocycles. The van der Waals surface area contributed by atoms with Crippen molar-refractivity contribution in [3.05, 3.63) is 6.07 Å². The number of amides is 1. The highest BCUT2D eigenvalue weighted by Gasteiger charge is 2.19. The van der Waals surface area contributed by atoms with E-state index in [0.717, 1.165) is 0 Å². The topological polar surface area (TPSA) is 105 Å². The first kappa shape index (κ1) is 15.0. The first-order valence-corrected chi connectivity index (χ1v) is 6.12. The number of carbonyl (C=O) groups excluding carboxylic acids is 1. The van der Waals surface area contributed by atoms with E-state index < -0.39 is 6.04 Å². The van der Waals surface area contributed by atoms with E-state index in [0.29, 0.717) is 11.6 Å². The number of nitrogens with one attached hydrogen (secondary N) is 3. The first-order valence-electron chi connectivity index (χ1n) is 6.12. The number of aromatic nitrogens is 2. The van der Waals surface area contributed by atoms with Crippen molar-refractivity contribution >= 4 is 23.5 Å². The Morgan fingerprint density at radius 2 is 1.89 bits per heavy atom. The van der Waals surface area contributed by atoms with Crippen LogP contribution in [-0.2, 0) is 4.79 Å². The predicted molar refractivity (Wildman–Crippen MR) is 77.0 cm³/mol. The van der Waals surface area contributed by atoms with Crippen molar-refractivity contribution in [3.8, 4) is 0 Å². The summed E-state index contributed by atoms with van der Waals surface area (Å²) in [6, 6.07) is 1.27. The van der Waals surface area contributed by atoms with Gasteiger partial charge in [-0.1, -0.05) is 0 Å². The molecular formula is C12H22N6O. The van der Waals surface area contributed by atoms with Gasteiger partial charge in [-0.2, -0.15) is 9.97 Å². The van der Waals surface area contributed by atoms with Crippen LogP contribution >= 0.6 is 0 Å². The largest absolute Gasteiger partial charge is 0.373 e. The van der Waals surface area contributed by atoms with Crippen molar-refractivity contribution in [2.75, 3.05) is 23.4 Å². The molecule has 5 N–H and O–H groups in total. The summed E-state index contributed by atoms with van der Waals surface area (Å²) in [6.07, 6.45) is 0. The molecule has 0 spiro atoms. The quantitative estimate of drug-likeness (QED) is 0.643. The van der Waals surface area contributed by atoms with Gasteiger partial charge in [-0.15, -0.1) is 0 Å². The highest BCUT2D eigenvalue weighted by molar-refractivity contribution is 5.84. The predicted octanol–water partition coefficient (Wildman–Crippen LogP) is 0.816. The fourth-order valence-corrected chi connectivity index (χ4v) is 1.43. The molecule has 0 aliphatic heterocycles. The lowest BCUT2D eigenvalue weighted by Gasteiger charge is -2.24. The van der Waals surface area contributed by atoms with Crippen LogP contribution in [0, 0.1) is 0 Å². The van der Waals surface area contributed by atoms with Crippen molar-refractivity contribution in [1.29, 1.82) is 0 Å². The van der Waals surface area contributed by atoms with Gasteiger partial charge in [0.05, 0.1) is 0 Å². The minimum absolute atomic E-state index is 0.101. The van der Waals surface area contributed by atoms with E-state index in [4.69, 9.17) is 5.73 Å². The van der Waals surface area contributed by atoms with Crippen molar-refractivity contribution in [3.63, 3.8) is 0 Å². The Morgan fingerprint density at radius 3 is 2.42 bits per heavy atom. The van der Waals surface area contributed by atoms with E-state index in [1.165, 1.54) is 0 Å². The summed E-state index contributed by atoms with van der Waals surface area (Å²) >= 11 is 0. The molecule has 1 aromatic rings. The van der Waals surface area contributed by atoms with E-state index in [1.54, 1.807) is 20.0 Å². The van der Waals surface area contributed by atoms with E-state index in [1.807, 2.05) is 20.8 Å². The number of rotatable bonds is 4. The number of nitrogen functional groups attached to an aromatic ring is 1.